The lowest BCUT2D eigenvalue weighted by molar-refractivity contribution is -0.233. The minimum atomic E-state index is -1.14. The Balaban J connectivity index is 1.24. The molecule has 0 aromatic heterocycles. The van der Waals surface area contributed by atoms with E-state index in [2.05, 4.69) is 84.1 Å². The van der Waals surface area contributed by atoms with Gasteiger partial charge in [0.1, 0.15) is 6.10 Å². The van der Waals surface area contributed by atoms with Gasteiger partial charge in [-0.1, -0.05) is 84.4 Å². The zero-order valence-corrected chi connectivity index (χ0v) is 32.5. The minimum Gasteiger partial charge on any atom is -0.481 e. The number of carboxylic acid groups (broad SMARTS) is 1. The van der Waals surface area contributed by atoms with Crippen LogP contribution >= 0.6 is 0 Å². The third-order valence-electron chi connectivity index (χ3n) is 15.9. The van der Waals surface area contributed by atoms with Gasteiger partial charge in [0.2, 0.25) is 0 Å². The fourth-order valence-corrected chi connectivity index (χ4v) is 13.0. The lowest BCUT2D eigenvalue weighted by atomic mass is 9.33. The van der Waals surface area contributed by atoms with E-state index >= 15 is 0 Å². The maximum Gasteiger partial charge on any atom is 0.309 e. The number of ketones is 1. The quantitative estimate of drug-likeness (QED) is 0.188. The fourth-order valence-electron chi connectivity index (χ4n) is 13.0. The smallest absolute Gasteiger partial charge is 0.309 e. The molecule has 0 radical (unpaired) electrons. The van der Waals surface area contributed by atoms with Crippen molar-refractivity contribution in [2.45, 2.75) is 146 Å². The monoisotopic (exact) mass is 687 g/mol. The third kappa shape index (κ3) is 5.82. The van der Waals surface area contributed by atoms with Gasteiger partial charge in [-0.2, -0.15) is 0 Å². The van der Waals surface area contributed by atoms with Crippen molar-refractivity contribution in [3.63, 3.8) is 0 Å². The first kappa shape index (κ1) is 37.3. The molecule has 1 aromatic rings. The molecule has 6 heteroatoms. The average Bonchev–Trinajstić information content (AvgIpc) is 3.33. The maximum absolute atomic E-state index is 14.0. The van der Waals surface area contributed by atoms with Gasteiger partial charge in [0, 0.05) is 23.8 Å². The fraction of sp³-hybridized carbons (Fsp3) is 0.750. The van der Waals surface area contributed by atoms with Crippen LogP contribution in [0.1, 0.15) is 139 Å². The van der Waals surface area contributed by atoms with Crippen molar-refractivity contribution in [2.24, 2.45) is 56.2 Å². The molecule has 0 bridgehead atoms. The molecule has 5 aliphatic carbocycles. The van der Waals surface area contributed by atoms with Gasteiger partial charge in [0.25, 0.3) is 0 Å². The number of allylic oxidation sites excluding steroid dienone is 2. The van der Waals surface area contributed by atoms with E-state index in [1.54, 1.807) is 19.4 Å². The van der Waals surface area contributed by atoms with Gasteiger partial charge in [-0.05, 0) is 129 Å². The standard InChI is InChI=1S/C44H65NO5/c1-28(2)36-31(46)25-44(23-24-45-27-29-13-11-10-12-14-29)22-21-42(8)30(37(36)44)15-16-33-41(7)19-18-34(50-35(47)26-39(3,4)38(48)49)40(5,6)32(41)17-20-43(33,42)9/h10-14,28,30,32-34,45H,15-27H2,1-9H3,(H,48,49). The molecule has 2 N–H and O–H groups in total. The summed E-state index contributed by atoms with van der Waals surface area (Å²) in [5, 5.41) is 13.3. The molecule has 5 aliphatic rings. The number of fused-ring (bicyclic) bond motifs is 7. The zero-order valence-electron chi connectivity index (χ0n) is 32.5. The summed E-state index contributed by atoms with van der Waals surface area (Å²) in [6.07, 6.45) is 10.1. The van der Waals surface area contributed by atoms with Gasteiger partial charge in [-0.25, -0.2) is 0 Å². The lowest BCUT2D eigenvalue weighted by Crippen LogP contribution is -2.65. The predicted octanol–water partition coefficient (Wildman–Crippen LogP) is 9.56. The van der Waals surface area contributed by atoms with E-state index in [0.29, 0.717) is 30.0 Å². The van der Waals surface area contributed by atoms with Crippen LogP contribution in [0, 0.1) is 56.2 Å². The summed E-state index contributed by atoms with van der Waals surface area (Å²) >= 11 is 0. The molecule has 1 aromatic carbocycles. The number of benzene rings is 1. The lowest BCUT2D eigenvalue weighted by Gasteiger charge is -2.72. The second-order valence-corrected chi connectivity index (χ2v) is 19.6. The number of ether oxygens (including phenoxy) is 1. The van der Waals surface area contributed by atoms with Gasteiger partial charge < -0.3 is 15.2 Å². The van der Waals surface area contributed by atoms with Crippen molar-refractivity contribution in [3.8, 4) is 0 Å². The van der Waals surface area contributed by atoms with Crippen LogP contribution < -0.4 is 5.32 Å². The van der Waals surface area contributed by atoms with E-state index < -0.39 is 17.4 Å². The molecule has 4 fully saturated rings. The second kappa shape index (κ2) is 12.9. The van der Waals surface area contributed by atoms with Crippen molar-refractivity contribution >= 4 is 17.7 Å². The summed E-state index contributed by atoms with van der Waals surface area (Å²) in [5.41, 5.74) is 3.07. The summed E-state index contributed by atoms with van der Waals surface area (Å²) in [5.74, 6) is 0.719. The Kier molecular flexibility index (Phi) is 9.61. The molecular formula is C44H65NO5. The third-order valence-corrected chi connectivity index (χ3v) is 15.9. The number of hydrogen-bond donors (Lipinski definition) is 2. The molecule has 0 aliphatic heterocycles. The number of esters is 1. The second-order valence-electron chi connectivity index (χ2n) is 19.6. The highest BCUT2D eigenvalue weighted by Gasteiger charge is 2.70. The van der Waals surface area contributed by atoms with E-state index in [4.69, 9.17) is 4.74 Å². The molecule has 0 heterocycles. The van der Waals surface area contributed by atoms with Crippen LogP contribution in [0.4, 0.5) is 0 Å². The van der Waals surface area contributed by atoms with Crippen LogP contribution in [0.5, 0.6) is 0 Å². The van der Waals surface area contributed by atoms with Crippen molar-refractivity contribution in [3.05, 3.63) is 47.0 Å². The number of aliphatic carboxylic acids is 1. The Labute approximate surface area is 302 Å². The van der Waals surface area contributed by atoms with E-state index in [0.717, 1.165) is 58.0 Å². The molecule has 0 saturated heterocycles. The van der Waals surface area contributed by atoms with Gasteiger partial charge >= 0.3 is 11.9 Å². The number of carboxylic acids is 1. The Morgan fingerprint density at radius 1 is 0.920 bits per heavy atom. The van der Waals surface area contributed by atoms with E-state index in [9.17, 15) is 19.5 Å². The number of rotatable bonds is 10. The van der Waals surface area contributed by atoms with Crippen LogP contribution in [-0.4, -0.2) is 35.5 Å². The summed E-state index contributed by atoms with van der Waals surface area (Å²) in [6.45, 7) is 21.9. The van der Waals surface area contributed by atoms with Gasteiger partial charge in [-0.15, -0.1) is 0 Å². The SMILES string of the molecule is CC(C)C1=C2C3CCC4C5(C)CCC(OC(=O)CC(C)(C)C(=O)O)C(C)(C)C5CCC4(C)C3(C)CCC2(CCNCc2ccccc2)CC1=O. The summed E-state index contributed by atoms with van der Waals surface area (Å²) in [6, 6.07) is 10.6. The topological polar surface area (TPSA) is 92.7 Å². The minimum absolute atomic E-state index is 0.0199. The van der Waals surface area contributed by atoms with E-state index in [-0.39, 0.29) is 45.5 Å². The van der Waals surface area contributed by atoms with Crippen molar-refractivity contribution in [2.75, 3.05) is 6.54 Å². The maximum atomic E-state index is 14.0. The Hall–Kier alpha value is -2.47. The molecule has 276 valence electrons. The van der Waals surface area contributed by atoms with Crippen molar-refractivity contribution in [1.82, 2.24) is 5.32 Å². The molecule has 6 rings (SSSR count). The molecule has 0 spiro atoms. The Bertz CT molecular complexity index is 1530. The highest BCUT2D eigenvalue weighted by molar-refractivity contribution is 6.00. The molecule has 8 unspecified atom stereocenters. The predicted molar refractivity (Wildman–Crippen MR) is 198 cm³/mol. The highest BCUT2D eigenvalue weighted by Crippen LogP contribution is 2.77. The van der Waals surface area contributed by atoms with Gasteiger partial charge in [-0.3, -0.25) is 14.4 Å². The normalized spacial score (nSPS) is 37.8. The van der Waals surface area contributed by atoms with E-state index in [1.165, 1.54) is 24.0 Å². The Morgan fingerprint density at radius 2 is 1.62 bits per heavy atom. The summed E-state index contributed by atoms with van der Waals surface area (Å²) in [7, 11) is 0. The highest BCUT2D eigenvalue weighted by atomic mass is 16.5. The number of carbonyl (C=O) groups is 3. The van der Waals surface area contributed by atoms with Gasteiger partial charge in [0.05, 0.1) is 11.8 Å². The zero-order chi connectivity index (χ0) is 36.5. The molecular weight excluding hydrogens is 622 g/mol. The van der Waals surface area contributed by atoms with Crippen LogP contribution in [0.15, 0.2) is 41.5 Å². The summed E-state index contributed by atoms with van der Waals surface area (Å²) < 4.78 is 6.18. The first-order valence-electron chi connectivity index (χ1n) is 19.8. The molecule has 4 saturated carbocycles. The van der Waals surface area contributed by atoms with Crippen molar-refractivity contribution < 1.29 is 24.2 Å². The average molecular weight is 688 g/mol. The molecule has 6 nitrogen and oxygen atoms in total. The number of nitrogens with one attached hydrogen (secondary N) is 1. The van der Waals surface area contributed by atoms with Crippen molar-refractivity contribution in [1.29, 1.82) is 0 Å². The first-order valence-corrected chi connectivity index (χ1v) is 19.8. The molecule has 8 atom stereocenters. The van der Waals surface area contributed by atoms with Gasteiger partial charge in [0.15, 0.2) is 5.78 Å². The van der Waals surface area contributed by atoms with Crippen LogP contribution in [-0.2, 0) is 25.7 Å². The largest absolute Gasteiger partial charge is 0.481 e. The molecule has 50 heavy (non-hydrogen) atoms. The molecule has 0 amide bonds. The number of Topliss-reactive ketones (excluding diaryl/α,β-unsaturated/α-hetero) is 1. The van der Waals surface area contributed by atoms with Crippen LogP contribution in [0.25, 0.3) is 0 Å². The van der Waals surface area contributed by atoms with Crippen LogP contribution in [0.3, 0.4) is 0 Å². The first-order chi connectivity index (χ1) is 23.3. The van der Waals surface area contributed by atoms with E-state index in [1.807, 2.05) is 0 Å². The number of carbonyl (C=O) groups excluding carboxylic acids is 2. The van der Waals surface area contributed by atoms with Crippen LogP contribution in [0.2, 0.25) is 0 Å². The summed E-state index contributed by atoms with van der Waals surface area (Å²) in [4.78, 5) is 38.8. The Morgan fingerprint density at radius 3 is 2.28 bits per heavy atom. The number of hydrogen-bond acceptors (Lipinski definition) is 5.